The molecule has 0 bridgehead atoms. The molecule has 1 nitrogen and oxygen atoms in total. The summed E-state index contributed by atoms with van der Waals surface area (Å²) in [6.07, 6.45) is 0. The lowest BCUT2D eigenvalue weighted by Crippen LogP contribution is -2.20. The number of halogens is 2. The van der Waals surface area contributed by atoms with Gasteiger partial charge in [0.25, 0.3) is 0 Å². The average molecular weight is 328 g/mol. The van der Waals surface area contributed by atoms with E-state index < -0.39 is 0 Å². The third kappa shape index (κ3) is 3.20. The van der Waals surface area contributed by atoms with Crippen molar-refractivity contribution in [3.8, 4) is 10.4 Å². The molecule has 0 radical (unpaired) electrons. The summed E-state index contributed by atoms with van der Waals surface area (Å²) in [5.41, 5.74) is 2.02. The van der Waals surface area contributed by atoms with Gasteiger partial charge in [-0.05, 0) is 49.7 Å². The third-order valence-electron chi connectivity index (χ3n) is 3.42. The van der Waals surface area contributed by atoms with E-state index in [0.717, 1.165) is 26.0 Å². The SMILES string of the molecule is CNC(c1ccc(-c2cc(Cl)c(C)cc2Cl)s1)C(C)C. The van der Waals surface area contributed by atoms with Crippen LogP contribution in [-0.4, -0.2) is 7.05 Å². The minimum absolute atomic E-state index is 0.369. The van der Waals surface area contributed by atoms with E-state index in [4.69, 9.17) is 23.2 Å². The predicted octanol–water partition coefficient (Wildman–Crippen LogP) is 5.95. The molecule has 1 atom stereocenters. The highest BCUT2D eigenvalue weighted by molar-refractivity contribution is 7.15. The van der Waals surface area contributed by atoms with Crippen molar-refractivity contribution in [1.82, 2.24) is 5.32 Å². The number of thiophene rings is 1. The van der Waals surface area contributed by atoms with Gasteiger partial charge in [0.2, 0.25) is 0 Å². The highest BCUT2D eigenvalue weighted by Gasteiger charge is 2.17. The molecule has 20 heavy (non-hydrogen) atoms. The van der Waals surface area contributed by atoms with Crippen LogP contribution in [0, 0.1) is 12.8 Å². The monoisotopic (exact) mass is 327 g/mol. The Kier molecular flexibility index (Phi) is 5.14. The van der Waals surface area contributed by atoms with Crippen molar-refractivity contribution >= 4 is 34.5 Å². The Morgan fingerprint density at radius 2 is 1.80 bits per heavy atom. The summed E-state index contributed by atoms with van der Waals surface area (Å²) in [6, 6.07) is 8.55. The maximum Gasteiger partial charge on any atom is 0.0496 e. The van der Waals surface area contributed by atoms with E-state index in [1.807, 2.05) is 26.1 Å². The molecule has 1 aromatic carbocycles. The smallest absolute Gasteiger partial charge is 0.0496 e. The van der Waals surface area contributed by atoms with Gasteiger partial charge in [0.15, 0.2) is 0 Å². The van der Waals surface area contributed by atoms with Gasteiger partial charge in [-0.15, -0.1) is 11.3 Å². The summed E-state index contributed by atoms with van der Waals surface area (Å²) >= 11 is 14.3. The topological polar surface area (TPSA) is 12.0 Å². The van der Waals surface area contributed by atoms with E-state index in [2.05, 4.69) is 31.3 Å². The average Bonchev–Trinajstić information content (AvgIpc) is 2.83. The van der Waals surface area contributed by atoms with Gasteiger partial charge >= 0.3 is 0 Å². The first-order valence-electron chi connectivity index (χ1n) is 6.67. The lowest BCUT2D eigenvalue weighted by molar-refractivity contribution is 0.449. The second kappa shape index (κ2) is 6.48. The summed E-state index contributed by atoms with van der Waals surface area (Å²) < 4.78 is 0. The highest BCUT2D eigenvalue weighted by Crippen LogP contribution is 2.39. The van der Waals surface area contributed by atoms with Crippen molar-refractivity contribution in [2.75, 3.05) is 7.05 Å². The summed E-state index contributed by atoms with van der Waals surface area (Å²) in [7, 11) is 2.00. The Morgan fingerprint density at radius 3 is 2.40 bits per heavy atom. The standard InChI is InChI=1S/C16H19Cl2NS/c1-9(2)16(19-4)15-6-5-14(20-15)11-8-12(17)10(3)7-13(11)18/h5-9,16,19H,1-4H3. The number of aryl methyl sites for hydroxylation is 1. The molecule has 0 saturated heterocycles. The van der Waals surface area contributed by atoms with Gasteiger partial charge in [0, 0.05) is 31.4 Å². The van der Waals surface area contributed by atoms with Gasteiger partial charge in [-0.2, -0.15) is 0 Å². The third-order valence-corrected chi connectivity index (χ3v) is 5.35. The Hall–Kier alpha value is -0.540. The van der Waals surface area contributed by atoms with Crippen molar-refractivity contribution in [3.63, 3.8) is 0 Å². The largest absolute Gasteiger partial charge is 0.312 e. The number of benzene rings is 1. The van der Waals surface area contributed by atoms with Crippen LogP contribution in [0.3, 0.4) is 0 Å². The van der Waals surface area contributed by atoms with Crippen molar-refractivity contribution in [3.05, 3.63) is 44.8 Å². The van der Waals surface area contributed by atoms with Gasteiger partial charge in [-0.25, -0.2) is 0 Å². The second-order valence-corrected chi connectivity index (χ2v) is 7.22. The van der Waals surface area contributed by atoms with E-state index in [1.165, 1.54) is 4.88 Å². The fourth-order valence-electron chi connectivity index (χ4n) is 2.30. The molecule has 0 saturated carbocycles. The van der Waals surface area contributed by atoms with Crippen LogP contribution in [0.4, 0.5) is 0 Å². The van der Waals surface area contributed by atoms with Crippen molar-refractivity contribution in [2.45, 2.75) is 26.8 Å². The van der Waals surface area contributed by atoms with Crippen LogP contribution in [0.1, 0.15) is 30.3 Å². The van der Waals surface area contributed by atoms with Crippen molar-refractivity contribution < 1.29 is 0 Å². The molecular formula is C16H19Cl2NS. The molecule has 1 N–H and O–H groups in total. The molecule has 1 unspecified atom stereocenters. The molecular weight excluding hydrogens is 309 g/mol. The molecule has 2 rings (SSSR count). The molecule has 0 amide bonds. The Morgan fingerprint density at radius 1 is 1.10 bits per heavy atom. The molecule has 4 heteroatoms. The van der Waals surface area contributed by atoms with E-state index >= 15 is 0 Å². The predicted molar refractivity (Wildman–Crippen MR) is 91.2 cm³/mol. The number of hydrogen-bond donors (Lipinski definition) is 1. The normalized spacial score (nSPS) is 12.9. The van der Waals surface area contributed by atoms with E-state index in [1.54, 1.807) is 11.3 Å². The van der Waals surface area contributed by atoms with Crippen LogP contribution in [0.25, 0.3) is 10.4 Å². The minimum Gasteiger partial charge on any atom is -0.312 e. The van der Waals surface area contributed by atoms with Gasteiger partial charge in [0.05, 0.1) is 0 Å². The van der Waals surface area contributed by atoms with E-state index in [-0.39, 0.29) is 0 Å². The maximum absolute atomic E-state index is 6.35. The molecule has 0 spiro atoms. The van der Waals surface area contributed by atoms with Crippen LogP contribution < -0.4 is 5.32 Å². The fraction of sp³-hybridized carbons (Fsp3) is 0.375. The van der Waals surface area contributed by atoms with Crippen LogP contribution in [-0.2, 0) is 0 Å². The van der Waals surface area contributed by atoms with Crippen LogP contribution in [0.2, 0.25) is 10.0 Å². The maximum atomic E-state index is 6.35. The summed E-state index contributed by atoms with van der Waals surface area (Å²) in [5.74, 6) is 0.545. The lowest BCUT2D eigenvalue weighted by Gasteiger charge is -2.18. The minimum atomic E-state index is 0.369. The zero-order valence-electron chi connectivity index (χ0n) is 12.1. The summed E-state index contributed by atoms with van der Waals surface area (Å²) in [5, 5.41) is 4.88. The number of rotatable bonds is 4. The molecule has 0 aliphatic heterocycles. The zero-order chi connectivity index (χ0) is 14.9. The zero-order valence-corrected chi connectivity index (χ0v) is 14.5. The van der Waals surface area contributed by atoms with Crippen molar-refractivity contribution in [1.29, 1.82) is 0 Å². The number of nitrogens with one attached hydrogen (secondary N) is 1. The van der Waals surface area contributed by atoms with Crippen LogP contribution >= 0.6 is 34.5 Å². The molecule has 1 aromatic heterocycles. The van der Waals surface area contributed by atoms with Crippen LogP contribution in [0.15, 0.2) is 24.3 Å². The summed E-state index contributed by atoms with van der Waals surface area (Å²) in [6.45, 7) is 6.40. The molecule has 1 heterocycles. The van der Waals surface area contributed by atoms with E-state index in [0.29, 0.717) is 12.0 Å². The number of hydrogen-bond acceptors (Lipinski definition) is 2. The van der Waals surface area contributed by atoms with E-state index in [9.17, 15) is 0 Å². The van der Waals surface area contributed by atoms with Gasteiger partial charge < -0.3 is 5.32 Å². The Bertz CT molecular complexity index is 605. The molecule has 0 fully saturated rings. The van der Waals surface area contributed by atoms with Crippen molar-refractivity contribution in [2.24, 2.45) is 5.92 Å². The molecule has 2 aromatic rings. The molecule has 0 aliphatic rings. The lowest BCUT2D eigenvalue weighted by atomic mass is 10.0. The summed E-state index contributed by atoms with van der Waals surface area (Å²) in [4.78, 5) is 2.48. The second-order valence-electron chi connectivity index (χ2n) is 5.29. The first kappa shape index (κ1) is 15.8. The van der Waals surface area contributed by atoms with Gasteiger partial charge in [-0.1, -0.05) is 37.0 Å². The van der Waals surface area contributed by atoms with Gasteiger partial charge in [-0.3, -0.25) is 0 Å². The first-order valence-corrected chi connectivity index (χ1v) is 8.24. The van der Waals surface area contributed by atoms with Crippen LogP contribution in [0.5, 0.6) is 0 Å². The fourth-order valence-corrected chi connectivity index (χ4v) is 4.17. The molecule has 0 aliphatic carbocycles. The molecule has 108 valence electrons. The Balaban J connectivity index is 2.41. The quantitative estimate of drug-likeness (QED) is 0.731. The highest BCUT2D eigenvalue weighted by atomic mass is 35.5. The Labute approximate surface area is 134 Å². The first-order chi connectivity index (χ1) is 9.43. The van der Waals surface area contributed by atoms with Gasteiger partial charge in [0.1, 0.15) is 0 Å².